The molecule has 134 valence electrons. The number of rotatable bonds is 6. The molecule has 3 aromatic rings. The van der Waals surface area contributed by atoms with Crippen LogP contribution in [0.15, 0.2) is 30.6 Å². The molecule has 0 aliphatic heterocycles. The fourth-order valence-electron chi connectivity index (χ4n) is 2.78. The number of amides is 1. The Morgan fingerprint density at radius 2 is 2.04 bits per heavy atom. The SMILES string of the molecule is Cc1c(C(=O)NCc2nncn2C2CC2)nnn1Cc1ccc(F)cc1. The highest BCUT2D eigenvalue weighted by atomic mass is 19.1. The molecular weight excluding hydrogens is 337 g/mol. The first-order chi connectivity index (χ1) is 12.6. The Hall–Kier alpha value is -3.10. The van der Waals surface area contributed by atoms with Crippen molar-refractivity contribution in [1.82, 2.24) is 35.1 Å². The summed E-state index contributed by atoms with van der Waals surface area (Å²) in [5, 5.41) is 18.8. The molecule has 0 atom stereocenters. The van der Waals surface area contributed by atoms with Crippen molar-refractivity contribution in [2.24, 2.45) is 0 Å². The van der Waals surface area contributed by atoms with Crippen molar-refractivity contribution in [3.8, 4) is 0 Å². The topological polar surface area (TPSA) is 90.5 Å². The summed E-state index contributed by atoms with van der Waals surface area (Å²) >= 11 is 0. The second-order valence-electron chi connectivity index (χ2n) is 6.38. The quantitative estimate of drug-likeness (QED) is 0.726. The Kier molecular flexibility index (Phi) is 4.19. The van der Waals surface area contributed by atoms with Crippen molar-refractivity contribution in [3.05, 3.63) is 59.2 Å². The van der Waals surface area contributed by atoms with E-state index < -0.39 is 0 Å². The molecule has 8 nitrogen and oxygen atoms in total. The summed E-state index contributed by atoms with van der Waals surface area (Å²) in [6.45, 7) is 2.49. The number of nitrogens with one attached hydrogen (secondary N) is 1. The number of aromatic nitrogens is 6. The zero-order valence-electron chi connectivity index (χ0n) is 14.3. The number of nitrogens with zero attached hydrogens (tertiary/aromatic N) is 6. The molecule has 1 aliphatic carbocycles. The van der Waals surface area contributed by atoms with E-state index in [4.69, 9.17) is 0 Å². The normalized spacial score (nSPS) is 13.8. The van der Waals surface area contributed by atoms with Crippen LogP contribution in [0, 0.1) is 12.7 Å². The van der Waals surface area contributed by atoms with Crippen LogP contribution < -0.4 is 5.32 Å². The lowest BCUT2D eigenvalue weighted by Gasteiger charge is -2.06. The van der Waals surface area contributed by atoms with Crippen molar-refractivity contribution in [2.45, 2.75) is 38.9 Å². The molecule has 1 fully saturated rings. The molecule has 4 rings (SSSR count). The van der Waals surface area contributed by atoms with Gasteiger partial charge in [-0.1, -0.05) is 17.3 Å². The summed E-state index contributed by atoms with van der Waals surface area (Å²) in [5.74, 6) is 0.138. The molecule has 0 saturated heterocycles. The fourth-order valence-corrected chi connectivity index (χ4v) is 2.78. The highest BCUT2D eigenvalue weighted by molar-refractivity contribution is 5.93. The Bertz CT molecular complexity index is 927. The van der Waals surface area contributed by atoms with E-state index in [2.05, 4.69) is 25.8 Å². The van der Waals surface area contributed by atoms with E-state index >= 15 is 0 Å². The molecule has 2 heterocycles. The first-order valence-electron chi connectivity index (χ1n) is 8.43. The zero-order chi connectivity index (χ0) is 18.1. The minimum atomic E-state index is -0.307. The van der Waals surface area contributed by atoms with Gasteiger partial charge in [-0.25, -0.2) is 9.07 Å². The highest BCUT2D eigenvalue weighted by Gasteiger charge is 2.26. The van der Waals surface area contributed by atoms with Crippen molar-refractivity contribution >= 4 is 5.91 Å². The van der Waals surface area contributed by atoms with Crippen LogP contribution in [0.3, 0.4) is 0 Å². The lowest BCUT2D eigenvalue weighted by molar-refractivity contribution is 0.0943. The Labute approximate surface area is 149 Å². The van der Waals surface area contributed by atoms with Gasteiger partial charge in [-0.15, -0.1) is 15.3 Å². The van der Waals surface area contributed by atoms with Gasteiger partial charge in [0.1, 0.15) is 12.1 Å². The van der Waals surface area contributed by atoms with E-state index in [1.165, 1.54) is 12.1 Å². The third-order valence-corrected chi connectivity index (χ3v) is 4.44. The van der Waals surface area contributed by atoms with E-state index in [1.54, 1.807) is 30.1 Å². The molecule has 1 N–H and O–H groups in total. The van der Waals surface area contributed by atoms with Gasteiger partial charge in [0, 0.05) is 6.04 Å². The third-order valence-electron chi connectivity index (χ3n) is 4.44. The number of hydrogen-bond acceptors (Lipinski definition) is 5. The third kappa shape index (κ3) is 3.32. The van der Waals surface area contributed by atoms with Gasteiger partial charge in [-0.05, 0) is 37.5 Å². The lowest BCUT2D eigenvalue weighted by Crippen LogP contribution is -2.25. The largest absolute Gasteiger partial charge is 0.343 e. The summed E-state index contributed by atoms with van der Waals surface area (Å²) in [5.41, 5.74) is 1.80. The maximum atomic E-state index is 13.0. The van der Waals surface area contributed by atoms with Crippen LogP contribution in [-0.4, -0.2) is 35.7 Å². The van der Waals surface area contributed by atoms with Crippen molar-refractivity contribution < 1.29 is 9.18 Å². The van der Waals surface area contributed by atoms with Gasteiger partial charge in [-0.3, -0.25) is 4.79 Å². The zero-order valence-corrected chi connectivity index (χ0v) is 14.3. The first-order valence-corrected chi connectivity index (χ1v) is 8.43. The average molecular weight is 355 g/mol. The maximum absolute atomic E-state index is 13.0. The molecule has 9 heteroatoms. The van der Waals surface area contributed by atoms with E-state index in [0.29, 0.717) is 24.8 Å². The predicted molar refractivity (Wildman–Crippen MR) is 89.7 cm³/mol. The monoisotopic (exact) mass is 355 g/mol. The molecule has 1 amide bonds. The smallest absolute Gasteiger partial charge is 0.274 e. The van der Waals surface area contributed by atoms with Crippen LogP contribution >= 0.6 is 0 Å². The Morgan fingerprint density at radius 3 is 2.77 bits per heavy atom. The van der Waals surface area contributed by atoms with Gasteiger partial charge in [0.05, 0.1) is 18.8 Å². The summed E-state index contributed by atoms with van der Waals surface area (Å²) in [6.07, 6.45) is 3.94. The summed E-state index contributed by atoms with van der Waals surface area (Å²) in [4.78, 5) is 12.4. The summed E-state index contributed by atoms with van der Waals surface area (Å²) in [7, 11) is 0. The standard InChI is InChI=1S/C17H18FN7O/c1-11-16(22-23-25(11)9-12-2-4-13(18)5-3-12)17(26)19-8-15-21-20-10-24(15)14-6-7-14/h2-5,10,14H,6-9H2,1H3,(H,19,26). The molecule has 0 spiro atoms. The number of hydrogen-bond donors (Lipinski definition) is 1. The number of halogens is 1. The van der Waals surface area contributed by atoms with E-state index in [9.17, 15) is 9.18 Å². The lowest BCUT2D eigenvalue weighted by atomic mass is 10.2. The number of carbonyl (C=O) groups is 1. The van der Waals surface area contributed by atoms with Gasteiger partial charge in [-0.2, -0.15) is 0 Å². The number of benzene rings is 1. The Morgan fingerprint density at radius 1 is 1.27 bits per heavy atom. The number of carbonyl (C=O) groups excluding carboxylic acids is 1. The second-order valence-corrected chi connectivity index (χ2v) is 6.38. The molecular formula is C17H18FN7O. The molecule has 0 bridgehead atoms. The van der Waals surface area contributed by atoms with E-state index in [-0.39, 0.29) is 17.4 Å². The molecule has 2 aromatic heterocycles. The van der Waals surface area contributed by atoms with Gasteiger partial charge in [0.25, 0.3) is 5.91 Å². The van der Waals surface area contributed by atoms with Crippen LogP contribution in [0.25, 0.3) is 0 Å². The maximum Gasteiger partial charge on any atom is 0.274 e. The molecule has 1 aliphatic rings. The van der Waals surface area contributed by atoms with Crippen molar-refractivity contribution in [1.29, 1.82) is 0 Å². The molecule has 0 unspecified atom stereocenters. The first kappa shape index (κ1) is 16.4. The van der Waals surface area contributed by atoms with E-state index in [1.807, 2.05) is 4.57 Å². The van der Waals surface area contributed by atoms with Crippen LogP contribution in [0.4, 0.5) is 4.39 Å². The molecule has 0 radical (unpaired) electrons. The van der Waals surface area contributed by atoms with Gasteiger partial charge in [0.15, 0.2) is 11.5 Å². The molecule has 26 heavy (non-hydrogen) atoms. The van der Waals surface area contributed by atoms with Crippen LogP contribution in [0.2, 0.25) is 0 Å². The van der Waals surface area contributed by atoms with Crippen LogP contribution in [0.5, 0.6) is 0 Å². The average Bonchev–Trinajstić information content (AvgIpc) is 3.27. The highest BCUT2D eigenvalue weighted by Crippen LogP contribution is 2.35. The van der Waals surface area contributed by atoms with Gasteiger partial charge in [0.2, 0.25) is 0 Å². The minimum absolute atomic E-state index is 0.268. The Balaban J connectivity index is 1.42. The van der Waals surface area contributed by atoms with E-state index in [0.717, 1.165) is 24.2 Å². The summed E-state index contributed by atoms with van der Waals surface area (Å²) in [6, 6.07) is 6.60. The van der Waals surface area contributed by atoms with Crippen molar-refractivity contribution in [3.63, 3.8) is 0 Å². The predicted octanol–water partition coefficient (Wildman–Crippen LogP) is 1.63. The molecule has 1 aromatic carbocycles. The van der Waals surface area contributed by atoms with Crippen molar-refractivity contribution in [2.75, 3.05) is 0 Å². The minimum Gasteiger partial charge on any atom is -0.343 e. The molecule has 1 saturated carbocycles. The van der Waals surface area contributed by atoms with Gasteiger partial charge < -0.3 is 9.88 Å². The fraction of sp³-hybridized carbons (Fsp3) is 0.353. The summed E-state index contributed by atoms with van der Waals surface area (Å²) < 4.78 is 16.6. The van der Waals surface area contributed by atoms with Crippen LogP contribution in [0.1, 0.15) is 46.5 Å². The van der Waals surface area contributed by atoms with Gasteiger partial charge >= 0.3 is 0 Å². The second kappa shape index (κ2) is 6.66. The van der Waals surface area contributed by atoms with Crippen LogP contribution in [-0.2, 0) is 13.1 Å².